The topological polar surface area (TPSA) is 65.7 Å². The molecule has 8 heteroatoms. The van der Waals surface area contributed by atoms with Crippen molar-refractivity contribution < 1.29 is 4.79 Å². The van der Waals surface area contributed by atoms with Gasteiger partial charge in [0.1, 0.15) is 0 Å². The van der Waals surface area contributed by atoms with E-state index in [1.54, 1.807) is 4.90 Å². The molecule has 0 radical (unpaired) electrons. The molecule has 0 spiro atoms. The van der Waals surface area contributed by atoms with Crippen molar-refractivity contribution in [2.24, 2.45) is 0 Å². The van der Waals surface area contributed by atoms with Gasteiger partial charge in [-0.25, -0.2) is 9.78 Å². The third-order valence-electron chi connectivity index (χ3n) is 4.18. The highest BCUT2D eigenvalue weighted by molar-refractivity contribution is 7.15. The second-order valence-corrected chi connectivity index (χ2v) is 7.20. The molecule has 2 aromatic rings. The first-order chi connectivity index (χ1) is 11.6. The van der Waals surface area contributed by atoms with E-state index < -0.39 is 0 Å². The van der Waals surface area contributed by atoms with Crippen molar-refractivity contribution in [3.8, 4) is 0 Å². The van der Waals surface area contributed by atoms with Crippen LogP contribution in [-0.2, 0) is 13.1 Å². The number of hydrogen-bond acceptors (Lipinski definition) is 5. The summed E-state index contributed by atoms with van der Waals surface area (Å²) >= 11 is 1.53. The first kappa shape index (κ1) is 19.5. The Kier molecular flexibility index (Phi) is 7.04. The van der Waals surface area contributed by atoms with Gasteiger partial charge in [0.15, 0.2) is 5.13 Å². The number of amides is 2. The average molecular weight is 382 g/mol. The van der Waals surface area contributed by atoms with E-state index in [2.05, 4.69) is 9.88 Å². The Morgan fingerprint density at radius 1 is 1.24 bits per heavy atom. The summed E-state index contributed by atoms with van der Waals surface area (Å²) in [6.07, 6.45) is 1.84. The third kappa shape index (κ3) is 5.32. The molecule has 25 heavy (non-hydrogen) atoms. The van der Waals surface area contributed by atoms with Crippen LogP contribution >= 0.6 is 23.7 Å². The van der Waals surface area contributed by atoms with E-state index in [4.69, 9.17) is 5.73 Å². The van der Waals surface area contributed by atoms with Crippen LogP contribution in [0, 0.1) is 0 Å². The fourth-order valence-electron chi connectivity index (χ4n) is 2.88. The summed E-state index contributed by atoms with van der Waals surface area (Å²) < 4.78 is 0. The smallest absolute Gasteiger partial charge is 0.320 e. The molecule has 0 unspecified atom stereocenters. The Hall–Kier alpha value is -1.83. The van der Waals surface area contributed by atoms with Crippen LogP contribution in [0.2, 0.25) is 0 Å². The zero-order valence-electron chi connectivity index (χ0n) is 14.3. The van der Waals surface area contributed by atoms with E-state index in [-0.39, 0.29) is 18.4 Å². The van der Waals surface area contributed by atoms with Crippen LogP contribution in [0.5, 0.6) is 0 Å². The molecule has 1 aliphatic heterocycles. The Morgan fingerprint density at radius 3 is 2.52 bits per heavy atom. The summed E-state index contributed by atoms with van der Waals surface area (Å²) in [5.74, 6) is 0. The molecule has 0 aliphatic carbocycles. The maximum Gasteiger partial charge on any atom is 0.320 e. The van der Waals surface area contributed by atoms with Crippen molar-refractivity contribution in [3.63, 3.8) is 0 Å². The molecule has 0 saturated carbocycles. The maximum absolute atomic E-state index is 12.6. The summed E-state index contributed by atoms with van der Waals surface area (Å²) in [6.45, 7) is 4.76. The van der Waals surface area contributed by atoms with Crippen LogP contribution in [-0.4, -0.2) is 58.9 Å². The van der Waals surface area contributed by atoms with Crippen LogP contribution in [0.25, 0.3) is 0 Å². The van der Waals surface area contributed by atoms with Gasteiger partial charge < -0.3 is 15.5 Å². The molecule has 6 nitrogen and oxygen atoms in total. The average Bonchev–Trinajstić information content (AvgIpc) is 3.00. The number of nitrogen functional groups attached to an aromatic ring is 1. The van der Waals surface area contributed by atoms with E-state index in [0.717, 1.165) is 38.3 Å². The van der Waals surface area contributed by atoms with Crippen LogP contribution in [0.4, 0.5) is 9.93 Å². The number of carbonyl (C=O) groups excluding carboxylic acids is 1. The summed E-state index contributed by atoms with van der Waals surface area (Å²) in [6, 6.07) is 10.2. The molecule has 1 aromatic carbocycles. The van der Waals surface area contributed by atoms with Crippen molar-refractivity contribution in [1.29, 1.82) is 0 Å². The van der Waals surface area contributed by atoms with Crippen molar-refractivity contribution >= 4 is 34.9 Å². The number of carbonyl (C=O) groups is 1. The van der Waals surface area contributed by atoms with Crippen molar-refractivity contribution in [1.82, 2.24) is 19.7 Å². The van der Waals surface area contributed by atoms with Gasteiger partial charge in [-0.3, -0.25) is 4.90 Å². The zero-order valence-corrected chi connectivity index (χ0v) is 15.9. The van der Waals surface area contributed by atoms with E-state index in [1.165, 1.54) is 16.2 Å². The minimum Gasteiger partial charge on any atom is -0.375 e. The molecule has 136 valence electrons. The molecule has 3 rings (SSSR count). The zero-order chi connectivity index (χ0) is 16.9. The minimum atomic E-state index is 0. The van der Waals surface area contributed by atoms with Gasteiger partial charge in [-0.1, -0.05) is 30.3 Å². The largest absolute Gasteiger partial charge is 0.375 e. The Labute approximate surface area is 158 Å². The highest BCUT2D eigenvalue weighted by atomic mass is 35.5. The number of benzene rings is 1. The van der Waals surface area contributed by atoms with Crippen LogP contribution in [0.1, 0.15) is 10.4 Å². The van der Waals surface area contributed by atoms with E-state index in [1.807, 2.05) is 48.5 Å². The van der Waals surface area contributed by atoms with Gasteiger partial charge in [-0.2, -0.15) is 0 Å². The second-order valence-electron chi connectivity index (χ2n) is 6.05. The first-order valence-electron chi connectivity index (χ1n) is 8.08. The Bertz CT molecular complexity index is 673. The van der Waals surface area contributed by atoms with Crippen LogP contribution in [0.3, 0.4) is 0 Å². The third-order valence-corrected chi connectivity index (χ3v) is 4.99. The van der Waals surface area contributed by atoms with Crippen molar-refractivity contribution in [2.75, 3.05) is 39.0 Å². The molecular weight excluding hydrogens is 358 g/mol. The summed E-state index contributed by atoms with van der Waals surface area (Å²) in [7, 11) is 1.86. The number of halogens is 1. The van der Waals surface area contributed by atoms with Gasteiger partial charge in [-0.05, 0) is 5.56 Å². The lowest BCUT2D eigenvalue weighted by Gasteiger charge is -2.36. The number of thiazole rings is 1. The van der Waals surface area contributed by atoms with Gasteiger partial charge in [0.05, 0.1) is 0 Å². The molecule has 0 bridgehead atoms. The van der Waals surface area contributed by atoms with Crippen LogP contribution < -0.4 is 5.73 Å². The number of hydrogen-bond donors (Lipinski definition) is 1. The lowest BCUT2D eigenvalue weighted by atomic mass is 10.2. The summed E-state index contributed by atoms with van der Waals surface area (Å²) in [4.78, 5) is 23.9. The monoisotopic (exact) mass is 381 g/mol. The normalized spacial score (nSPS) is 14.8. The predicted molar refractivity (Wildman–Crippen MR) is 104 cm³/mol. The molecule has 1 aliphatic rings. The molecule has 2 heterocycles. The molecule has 0 atom stereocenters. The fraction of sp³-hybridized carbons (Fsp3) is 0.412. The minimum absolute atomic E-state index is 0. The van der Waals surface area contributed by atoms with Gasteiger partial charge in [-0.15, -0.1) is 23.7 Å². The number of piperazine rings is 1. The fourth-order valence-corrected chi connectivity index (χ4v) is 3.61. The number of anilines is 1. The lowest BCUT2D eigenvalue weighted by Crippen LogP contribution is -2.51. The number of urea groups is 1. The molecule has 2 amide bonds. The second kappa shape index (κ2) is 9.03. The molecule has 1 aromatic heterocycles. The molecular formula is C17H24ClN5OS. The van der Waals surface area contributed by atoms with Gasteiger partial charge in [0.25, 0.3) is 0 Å². The standard InChI is InChI=1S/C17H23N5OS.ClH/c1-20(12-14-5-3-2-4-6-14)17(23)22-9-7-21(8-10-22)13-15-11-19-16(18)24-15;/h2-6,11H,7-10,12-13H2,1H3,(H2,18,19);1H. The quantitative estimate of drug-likeness (QED) is 0.883. The highest BCUT2D eigenvalue weighted by Gasteiger charge is 2.23. The summed E-state index contributed by atoms with van der Waals surface area (Å²) in [5.41, 5.74) is 6.82. The number of nitrogens with zero attached hydrogens (tertiary/aromatic N) is 4. The van der Waals surface area contributed by atoms with E-state index in [0.29, 0.717) is 11.7 Å². The van der Waals surface area contributed by atoms with Crippen LogP contribution in [0.15, 0.2) is 36.5 Å². The van der Waals surface area contributed by atoms with Gasteiger partial charge in [0.2, 0.25) is 0 Å². The predicted octanol–water partition coefficient (Wildman–Crippen LogP) is 2.52. The SMILES string of the molecule is CN(Cc1ccccc1)C(=O)N1CCN(Cc2cnc(N)s2)CC1.Cl. The Balaban J connectivity index is 0.00000225. The molecule has 1 saturated heterocycles. The summed E-state index contributed by atoms with van der Waals surface area (Å²) in [5, 5.41) is 0.612. The van der Waals surface area contributed by atoms with E-state index >= 15 is 0 Å². The van der Waals surface area contributed by atoms with Crippen molar-refractivity contribution in [2.45, 2.75) is 13.1 Å². The molecule has 1 fully saturated rings. The molecule has 2 N–H and O–H groups in total. The number of rotatable bonds is 4. The van der Waals surface area contributed by atoms with Gasteiger partial charge >= 0.3 is 6.03 Å². The lowest BCUT2D eigenvalue weighted by molar-refractivity contribution is 0.114. The van der Waals surface area contributed by atoms with Crippen molar-refractivity contribution in [3.05, 3.63) is 47.0 Å². The van der Waals surface area contributed by atoms with Gasteiger partial charge in [0, 0.05) is 57.4 Å². The first-order valence-corrected chi connectivity index (χ1v) is 8.90. The highest BCUT2D eigenvalue weighted by Crippen LogP contribution is 2.17. The maximum atomic E-state index is 12.6. The van der Waals surface area contributed by atoms with E-state index in [9.17, 15) is 4.79 Å². The number of aromatic nitrogens is 1. The Morgan fingerprint density at radius 2 is 1.92 bits per heavy atom. The number of nitrogens with two attached hydrogens (primary N) is 1.